The van der Waals surface area contributed by atoms with Gasteiger partial charge in [0.05, 0.1) is 5.97 Å². The Kier molecular flexibility index (Phi) is 5.29. The van der Waals surface area contributed by atoms with Crippen LogP contribution in [0.2, 0.25) is 5.02 Å². The maximum absolute atomic E-state index is 12.6. The molecule has 1 fully saturated rings. The summed E-state index contributed by atoms with van der Waals surface area (Å²) >= 11 is 6.99. The van der Waals surface area contributed by atoms with Gasteiger partial charge in [-0.25, -0.2) is 8.42 Å². The van der Waals surface area contributed by atoms with E-state index in [-0.39, 0.29) is 9.78 Å². The zero-order valence-electron chi connectivity index (χ0n) is 13.1. The molecule has 25 heavy (non-hydrogen) atoms. The Labute approximate surface area is 155 Å². The molecule has 2 aromatic rings. The maximum atomic E-state index is 12.6. The quantitative estimate of drug-likeness (QED) is 0.727. The van der Waals surface area contributed by atoms with Crippen molar-refractivity contribution in [1.29, 1.82) is 0 Å². The smallest absolute Gasteiger partial charge is 0.252 e. The van der Waals surface area contributed by atoms with Gasteiger partial charge in [-0.3, -0.25) is 0 Å². The van der Waals surface area contributed by atoms with Crippen molar-refractivity contribution in [3.05, 3.63) is 51.9 Å². The van der Waals surface area contributed by atoms with Gasteiger partial charge in [-0.15, -0.1) is 11.3 Å². The average molecular weight is 397 g/mol. The molecule has 5 nitrogen and oxygen atoms in total. The number of rotatable bonds is 5. The van der Waals surface area contributed by atoms with Crippen molar-refractivity contribution < 1.29 is 18.3 Å². The van der Waals surface area contributed by atoms with Crippen molar-refractivity contribution in [2.75, 3.05) is 13.1 Å². The first-order valence-electron chi connectivity index (χ1n) is 7.67. The molecule has 0 bridgehead atoms. The molecule has 1 aliphatic heterocycles. The van der Waals surface area contributed by atoms with Crippen molar-refractivity contribution in [3.63, 3.8) is 0 Å². The Morgan fingerprint density at radius 3 is 2.48 bits per heavy atom. The molecule has 8 heteroatoms. The van der Waals surface area contributed by atoms with Crippen LogP contribution in [0.4, 0.5) is 0 Å². The van der Waals surface area contributed by atoms with Gasteiger partial charge in [0.25, 0.3) is 10.0 Å². The fraction of sp³-hybridized carbons (Fsp3) is 0.235. The number of carboxylic acids is 1. The molecule has 1 aliphatic rings. The number of carbonyl (C=O) groups excluding carboxylic acids is 1. The molecule has 3 rings (SSSR count). The van der Waals surface area contributed by atoms with Gasteiger partial charge in [-0.2, -0.15) is 4.31 Å². The summed E-state index contributed by atoms with van der Waals surface area (Å²) in [4.78, 5) is 11.9. The van der Waals surface area contributed by atoms with Gasteiger partial charge in [0.15, 0.2) is 0 Å². The van der Waals surface area contributed by atoms with E-state index in [2.05, 4.69) is 0 Å². The van der Waals surface area contributed by atoms with E-state index in [9.17, 15) is 18.3 Å². The lowest BCUT2D eigenvalue weighted by Gasteiger charge is -2.13. The van der Waals surface area contributed by atoms with Crippen LogP contribution in [0.1, 0.15) is 23.3 Å². The van der Waals surface area contributed by atoms with Crippen LogP contribution in [0.3, 0.4) is 0 Å². The molecular weight excluding hydrogens is 382 g/mol. The van der Waals surface area contributed by atoms with E-state index in [0.717, 1.165) is 24.2 Å². The van der Waals surface area contributed by atoms with Crippen LogP contribution >= 0.6 is 22.9 Å². The monoisotopic (exact) mass is 396 g/mol. The number of carboxylic acid groups (broad SMARTS) is 1. The van der Waals surface area contributed by atoms with Crippen LogP contribution in [-0.2, 0) is 14.8 Å². The first-order valence-corrected chi connectivity index (χ1v) is 10.3. The lowest BCUT2D eigenvalue weighted by atomic mass is 10.1. The molecule has 0 spiro atoms. The fourth-order valence-electron chi connectivity index (χ4n) is 2.64. The van der Waals surface area contributed by atoms with E-state index in [0.29, 0.717) is 28.6 Å². The minimum absolute atomic E-state index is 0.0963. The SMILES string of the molecule is O=C([O-])/C(=C\c1ccccc1Cl)c1ccc(S(=O)(=O)N2CCCC2)s1. The van der Waals surface area contributed by atoms with Crippen LogP contribution in [0.25, 0.3) is 11.6 Å². The summed E-state index contributed by atoms with van der Waals surface area (Å²) in [6.45, 7) is 0.997. The topological polar surface area (TPSA) is 77.5 Å². The Morgan fingerprint density at radius 1 is 1.16 bits per heavy atom. The molecule has 1 saturated heterocycles. The van der Waals surface area contributed by atoms with E-state index in [4.69, 9.17) is 11.6 Å². The third kappa shape index (κ3) is 3.79. The highest BCUT2D eigenvalue weighted by molar-refractivity contribution is 7.91. The van der Waals surface area contributed by atoms with Crippen LogP contribution in [0.5, 0.6) is 0 Å². The number of thiophene rings is 1. The number of benzene rings is 1. The summed E-state index contributed by atoms with van der Waals surface area (Å²) < 4.78 is 26.7. The highest BCUT2D eigenvalue weighted by Crippen LogP contribution is 2.32. The van der Waals surface area contributed by atoms with Crippen molar-refractivity contribution in [1.82, 2.24) is 4.31 Å². The maximum Gasteiger partial charge on any atom is 0.252 e. The van der Waals surface area contributed by atoms with Gasteiger partial charge in [0.1, 0.15) is 4.21 Å². The molecule has 0 amide bonds. The highest BCUT2D eigenvalue weighted by Gasteiger charge is 2.28. The first-order chi connectivity index (χ1) is 11.9. The summed E-state index contributed by atoms with van der Waals surface area (Å²) in [5.74, 6) is -1.38. The van der Waals surface area contributed by atoms with E-state index < -0.39 is 16.0 Å². The summed E-state index contributed by atoms with van der Waals surface area (Å²) in [6, 6.07) is 9.74. The Balaban J connectivity index is 1.98. The number of nitrogens with zero attached hydrogens (tertiary/aromatic N) is 1. The second-order valence-corrected chi connectivity index (χ2v) is 9.25. The van der Waals surface area contributed by atoms with Gasteiger partial charge < -0.3 is 9.90 Å². The summed E-state index contributed by atoms with van der Waals surface area (Å²) in [5.41, 5.74) is 0.432. The van der Waals surface area contributed by atoms with Crippen molar-refractivity contribution in [2.45, 2.75) is 17.1 Å². The van der Waals surface area contributed by atoms with E-state index in [1.165, 1.54) is 22.5 Å². The normalized spacial score (nSPS) is 16.3. The fourth-order valence-corrected chi connectivity index (χ4v) is 5.81. The number of sulfonamides is 1. The van der Waals surface area contributed by atoms with Gasteiger partial charge in [0.2, 0.25) is 0 Å². The molecule has 2 heterocycles. The molecule has 1 aromatic carbocycles. The second-order valence-electron chi connectivity index (χ2n) is 5.60. The summed E-state index contributed by atoms with van der Waals surface area (Å²) in [5, 5.41) is 12.0. The lowest BCUT2D eigenvalue weighted by molar-refractivity contribution is -0.295. The van der Waals surface area contributed by atoms with Crippen LogP contribution in [-0.4, -0.2) is 31.8 Å². The molecule has 0 unspecified atom stereocenters. The Morgan fingerprint density at radius 2 is 1.84 bits per heavy atom. The third-order valence-electron chi connectivity index (χ3n) is 3.93. The minimum Gasteiger partial charge on any atom is -0.545 e. The van der Waals surface area contributed by atoms with Crippen LogP contribution in [0, 0.1) is 0 Å². The molecule has 132 valence electrons. The molecule has 0 saturated carbocycles. The molecule has 0 aliphatic carbocycles. The number of hydrogen-bond donors (Lipinski definition) is 0. The predicted octanol–water partition coefficient (Wildman–Crippen LogP) is 2.48. The second kappa shape index (κ2) is 7.29. The highest BCUT2D eigenvalue weighted by atomic mass is 35.5. The van der Waals surface area contributed by atoms with Crippen molar-refractivity contribution >= 4 is 50.6 Å². The number of halogens is 1. The van der Waals surface area contributed by atoms with Crippen LogP contribution in [0.15, 0.2) is 40.6 Å². The number of hydrogen-bond acceptors (Lipinski definition) is 5. The first kappa shape index (κ1) is 18.1. The largest absolute Gasteiger partial charge is 0.545 e. The number of carbonyl (C=O) groups is 1. The van der Waals surface area contributed by atoms with Gasteiger partial charge >= 0.3 is 0 Å². The molecule has 0 atom stereocenters. The van der Waals surface area contributed by atoms with E-state index in [1.807, 2.05) is 0 Å². The Bertz CT molecular complexity index is 928. The zero-order chi connectivity index (χ0) is 18.0. The third-order valence-corrected chi connectivity index (χ3v) is 7.76. The van der Waals surface area contributed by atoms with Gasteiger partial charge in [0, 0.05) is 28.6 Å². The van der Waals surface area contributed by atoms with Gasteiger partial charge in [-0.05, 0) is 42.7 Å². The Hall–Kier alpha value is -1.67. The van der Waals surface area contributed by atoms with Crippen molar-refractivity contribution in [2.24, 2.45) is 0 Å². The molecule has 0 radical (unpaired) electrons. The lowest BCUT2D eigenvalue weighted by Crippen LogP contribution is -2.27. The predicted molar refractivity (Wildman–Crippen MR) is 96.6 cm³/mol. The average Bonchev–Trinajstić information content (AvgIpc) is 3.26. The minimum atomic E-state index is -3.57. The van der Waals surface area contributed by atoms with Gasteiger partial charge in [-0.1, -0.05) is 29.8 Å². The molecule has 0 N–H and O–H groups in total. The zero-order valence-corrected chi connectivity index (χ0v) is 15.5. The number of aliphatic carboxylic acids is 1. The molecular formula is C17H15ClNO4S2-. The van der Waals surface area contributed by atoms with E-state index >= 15 is 0 Å². The van der Waals surface area contributed by atoms with Crippen LogP contribution < -0.4 is 5.11 Å². The standard InChI is InChI=1S/C17H16ClNO4S2/c18-14-6-2-1-5-12(14)11-13(17(20)21)15-7-8-16(24-15)25(22,23)19-9-3-4-10-19/h1-2,5-8,11H,3-4,9-10H2,(H,20,21)/p-1/b13-11-. The summed E-state index contributed by atoms with van der Waals surface area (Å²) in [6.07, 6.45) is 3.08. The van der Waals surface area contributed by atoms with Crippen molar-refractivity contribution in [3.8, 4) is 0 Å². The molecule has 1 aromatic heterocycles. The summed E-state index contributed by atoms with van der Waals surface area (Å²) in [7, 11) is -3.57. The van der Waals surface area contributed by atoms with E-state index in [1.54, 1.807) is 24.3 Å².